The monoisotopic (exact) mass is 496 g/mol. The molecule has 0 bridgehead atoms. The van der Waals surface area contributed by atoms with Gasteiger partial charge in [0.2, 0.25) is 0 Å². The summed E-state index contributed by atoms with van der Waals surface area (Å²) < 4.78 is 21.7. The molecule has 0 spiro atoms. The summed E-state index contributed by atoms with van der Waals surface area (Å²) in [7, 11) is 4.59. The van der Waals surface area contributed by atoms with E-state index in [9.17, 15) is 14.7 Å². The summed E-state index contributed by atoms with van der Waals surface area (Å²) in [5, 5.41) is 11.3. The lowest BCUT2D eigenvalue weighted by Crippen LogP contribution is -2.39. The van der Waals surface area contributed by atoms with Crippen molar-refractivity contribution >= 4 is 17.4 Å². The third-order valence-corrected chi connectivity index (χ3v) is 6.59. The number of amides is 1. The van der Waals surface area contributed by atoms with Gasteiger partial charge in [-0.05, 0) is 36.8 Å². The summed E-state index contributed by atoms with van der Waals surface area (Å²) in [5.41, 5.74) is 0.950. The minimum atomic E-state index is -0.842. The molecule has 0 aliphatic carbocycles. The standard InChI is InChI=1S/C27H32N2O7/c1-33-19-7-4-6-18(16-19)25(30)23-24(21-17-20(34-2)8-9-22(21)35-3)29(27(32)26(23)31)11-5-10-28-12-14-36-15-13-28/h4,6-9,16-17,24,30H,5,10-15H2,1-3H3/t24-/m0/s1. The lowest BCUT2D eigenvalue weighted by Gasteiger charge is -2.29. The summed E-state index contributed by atoms with van der Waals surface area (Å²) in [6.45, 7) is 4.15. The number of ketones is 1. The number of nitrogens with zero attached hydrogens (tertiary/aromatic N) is 2. The third-order valence-electron chi connectivity index (χ3n) is 6.59. The fourth-order valence-electron chi connectivity index (χ4n) is 4.70. The first-order valence-corrected chi connectivity index (χ1v) is 11.9. The fraction of sp³-hybridized carbons (Fsp3) is 0.407. The maximum atomic E-state index is 13.3. The number of aliphatic hydroxyl groups excluding tert-OH is 1. The van der Waals surface area contributed by atoms with Gasteiger partial charge in [-0.1, -0.05) is 12.1 Å². The van der Waals surface area contributed by atoms with Crippen molar-refractivity contribution in [1.82, 2.24) is 9.80 Å². The van der Waals surface area contributed by atoms with Crippen LogP contribution in [0, 0.1) is 0 Å². The van der Waals surface area contributed by atoms with Crippen LogP contribution in [-0.4, -0.2) is 87.3 Å². The van der Waals surface area contributed by atoms with Gasteiger partial charge in [-0.3, -0.25) is 14.5 Å². The molecule has 2 aromatic rings. The molecule has 0 radical (unpaired) electrons. The van der Waals surface area contributed by atoms with E-state index < -0.39 is 17.7 Å². The average Bonchev–Trinajstić information content (AvgIpc) is 3.17. The van der Waals surface area contributed by atoms with E-state index in [4.69, 9.17) is 18.9 Å². The molecule has 0 unspecified atom stereocenters. The van der Waals surface area contributed by atoms with E-state index in [0.29, 0.717) is 54.6 Å². The quantitative estimate of drug-likeness (QED) is 0.322. The minimum absolute atomic E-state index is 0.00572. The number of morpholine rings is 1. The van der Waals surface area contributed by atoms with Crippen molar-refractivity contribution in [2.45, 2.75) is 12.5 Å². The molecule has 192 valence electrons. The summed E-state index contributed by atoms with van der Waals surface area (Å²) in [6.07, 6.45) is 0.662. The zero-order chi connectivity index (χ0) is 25.7. The zero-order valence-electron chi connectivity index (χ0n) is 20.9. The van der Waals surface area contributed by atoms with Gasteiger partial charge in [0.25, 0.3) is 11.7 Å². The SMILES string of the molecule is COc1cccc(C(O)=C2C(=O)C(=O)N(CCCN3CCOCC3)[C@H]2c2cc(OC)ccc2OC)c1. The highest BCUT2D eigenvalue weighted by Crippen LogP contribution is 2.44. The zero-order valence-corrected chi connectivity index (χ0v) is 20.9. The van der Waals surface area contributed by atoms with E-state index in [1.165, 1.54) is 19.1 Å². The Kier molecular flexibility index (Phi) is 8.12. The van der Waals surface area contributed by atoms with Crippen LogP contribution < -0.4 is 14.2 Å². The number of methoxy groups -OCH3 is 3. The summed E-state index contributed by atoms with van der Waals surface area (Å²) >= 11 is 0. The van der Waals surface area contributed by atoms with Gasteiger partial charge < -0.3 is 29.0 Å². The normalized spacial score (nSPS) is 20.0. The first-order chi connectivity index (χ1) is 17.5. The largest absolute Gasteiger partial charge is 0.507 e. The van der Waals surface area contributed by atoms with E-state index in [0.717, 1.165) is 19.6 Å². The highest BCUT2D eigenvalue weighted by molar-refractivity contribution is 6.46. The van der Waals surface area contributed by atoms with Crippen LogP contribution in [0.3, 0.4) is 0 Å². The van der Waals surface area contributed by atoms with Crippen LogP contribution in [0.4, 0.5) is 0 Å². The van der Waals surface area contributed by atoms with Crippen LogP contribution in [-0.2, 0) is 14.3 Å². The van der Waals surface area contributed by atoms with Gasteiger partial charge in [0.15, 0.2) is 0 Å². The van der Waals surface area contributed by atoms with Gasteiger partial charge in [-0.15, -0.1) is 0 Å². The van der Waals surface area contributed by atoms with Crippen LogP contribution in [0.15, 0.2) is 48.0 Å². The molecule has 2 fully saturated rings. The molecule has 2 aliphatic heterocycles. The maximum absolute atomic E-state index is 13.3. The van der Waals surface area contributed by atoms with Gasteiger partial charge in [0.05, 0.1) is 46.2 Å². The van der Waals surface area contributed by atoms with Crippen molar-refractivity contribution in [2.24, 2.45) is 0 Å². The third kappa shape index (κ3) is 5.17. The molecule has 1 amide bonds. The first-order valence-electron chi connectivity index (χ1n) is 11.9. The second kappa shape index (κ2) is 11.5. The Hall–Kier alpha value is -3.56. The second-order valence-electron chi connectivity index (χ2n) is 8.64. The lowest BCUT2D eigenvalue weighted by atomic mass is 9.94. The predicted molar refractivity (Wildman–Crippen MR) is 133 cm³/mol. The molecule has 2 aromatic carbocycles. The Morgan fingerprint density at radius 1 is 0.972 bits per heavy atom. The molecule has 1 N–H and O–H groups in total. The number of likely N-dealkylation sites (tertiary alicyclic amines) is 1. The van der Waals surface area contributed by atoms with E-state index in [1.54, 1.807) is 49.6 Å². The molecule has 2 heterocycles. The predicted octanol–water partition coefficient (Wildman–Crippen LogP) is 2.86. The van der Waals surface area contributed by atoms with Crippen LogP contribution in [0.1, 0.15) is 23.6 Å². The number of hydrogen-bond acceptors (Lipinski definition) is 8. The van der Waals surface area contributed by atoms with Crippen molar-refractivity contribution in [3.05, 3.63) is 59.2 Å². The molecule has 9 nitrogen and oxygen atoms in total. The molecule has 1 atom stereocenters. The number of carbonyl (C=O) groups is 2. The van der Waals surface area contributed by atoms with Gasteiger partial charge in [0.1, 0.15) is 23.0 Å². The molecule has 4 rings (SSSR count). The molecule has 0 aromatic heterocycles. The number of Topliss-reactive ketones (excluding diaryl/α,β-unsaturated/α-hetero) is 1. The van der Waals surface area contributed by atoms with Crippen molar-refractivity contribution in [3.63, 3.8) is 0 Å². The Bertz CT molecular complexity index is 1140. The number of ether oxygens (including phenoxy) is 4. The molecular formula is C27H32N2O7. The number of rotatable bonds is 9. The van der Waals surface area contributed by atoms with E-state index in [1.807, 2.05) is 0 Å². The topological polar surface area (TPSA) is 97.8 Å². The van der Waals surface area contributed by atoms with Gasteiger partial charge in [-0.25, -0.2) is 0 Å². The molecule has 36 heavy (non-hydrogen) atoms. The molecule has 0 saturated carbocycles. The Labute approximate surface area is 210 Å². The fourth-order valence-corrected chi connectivity index (χ4v) is 4.70. The highest BCUT2D eigenvalue weighted by atomic mass is 16.5. The van der Waals surface area contributed by atoms with Gasteiger partial charge in [0, 0.05) is 37.3 Å². The van der Waals surface area contributed by atoms with E-state index >= 15 is 0 Å². The summed E-state index contributed by atoms with van der Waals surface area (Å²) in [5.74, 6) is -0.108. The van der Waals surface area contributed by atoms with Crippen molar-refractivity contribution < 1.29 is 33.6 Å². The van der Waals surface area contributed by atoms with Crippen LogP contribution in [0.2, 0.25) is 0 Å². The first kappa shape index (κ1) is 25.5. The van der Waals surface area contributed by atoms with Gasteiger partial charge in [-0.2, -0.15) is 0 Å². The molecule has 2 saturated heterocycles. The average molecular weight is 497 g/mol. The van der Waals surface area contributed by atoms with Crippen LogP contribution >= 0.6 is 0 Å². The Morgan fingerprint density at radius 3 is 2.39 bits per heavy atom. The van der Waals surface area contributed by atoms with Crippen molar-refractivity contribution in [3.8, 4) is 17.2 Å². The molecule has 2 aliphatic rings. The minimum Gasteiger partial charge on any atom is -0.507 e. The van der Waals surface area contributed by atoms with Crippen molar-refractivity contribution in [2.75, 3.05) is 60.7 Å². The number of hydrogen-bond donors (Lipinski definition) is 1. The molecular weight excluding hydrogens is 464 g/mol. The van der Waals surface area contributed by atoms with Crippen LogP contribution in [0.5, 0.6) is 17.2 Å². The van der Waals surface area contributed by atoms with E-state index in [2.05, 4.69) is 4.90 Å². The summed E-state index contributed by atoms with van der Waals surface area (Å²) in [4.78, 5) is 30.4. The summed E-state index contributed by atoms with van der Waals surface area (Å²) in [6, 6.07) is 11.1. The Morgan fingerprint density at radius 2 is 1.69 bits per heavy atom. The second-order valence-corrected chi connectivity index (χ2v) is 8.64. The Balaban J connectivity index is 1.76. The lowest BCUT2D eigenvalue weighted by molar-refractivity contribution is -0.140. The smallest absolute Gasteiger partial charge is 0.295 e. The maximum Gasteiger partial charge on any atom is 0.295 e. The number of aliphatic hydroxyl groups is 1. The van der Waals surface area contributed by atoms with E-state index in [-0.39, 0.29) is 11.3 Å². The van der Waals surface area contributed by atoms with Crippen molar-refractivity contribution in [1.29, 1.82) is 0 Å². The highest BCUT2D eigenvalue weighted by Gasteiger charge is 2.47. The molecule has 9 heteroatoms. The van der Waals surface area contributed by atoms with Gasteiger partial charge >= 0.3 is 0 Å². The number of carbonyl (C=O) groups excluding carboxylic acids is 2. The number of benzene rings is 2. The van der Waals surface area contributed by atoms with Crippen LogP contribution in [0.25, 0.3) is 5.76 Å².